The zero-order valence-corrected chi connectivity index (χ0v) is 16.4. The number of nitrogens with zero attached hydrogens (tertiary/aromatic N) is 1. The molecule has 2 aromatic carbocycles. The predicted octanol–water partition coefficient (Wildman–Crippen LogP) is 4.42. The van der Waals surface area contributed by atoms with Crippen LogP contribution in [-0.2, 0) is 17.8 Å². The lowest BCUT2D eigenvalue weighted by molar-refractivity contribution is -0.120. The van der Waals surface area contributed by atoms with Gasteiger partial charge in [0.1, 0.15) is 6.61 Å². The van der Waals surface area contributed by atoms with Gasteiger partial charge in [-0.25, -0.2) is 5.43 Å². The lowest BCUT2D eigenvalue weighted by atomic mass is 10.2. The Labute approximate surface area is 168 Å². The van der Waals surface area contributed by atoms with Gasteiger partial charge in [0, 0.05) is 4.88 Å². The van der Waals surface area contributed by atoms with E-state index in [1.54, 1.807) is 17.6 Å². The number of carbonyl (C=O) groups is 1. The number of hydrazone groups is 1. The van der Waals surface area contributed by atoms with E-state index in [9.17, 15) is 4.79 Å². The number of hydrogen-bond donors (Lipinski definition) is 1. The number of thiophene rings is 1. The molecule has 1 N–H and O–H groups in total. The lowest BCUT2D eigenvalue weighted by Crippen LogP contribution is -2.19. The molecule has 1 amide bonds. The summed E-state index contributed by atoms with van der Waals surface area (Å²) in [4.78, 5) is 12.9. The van der Waals surface area contributed by atoms with Crippen LogP contribution in [0.1, 0.15) is 22.9 Å². The van der Waals surface area contributed by atoms with Crippen LogP contribution in [0, 0.1) is 0 Å². The first-order valence-electron chi connectivity index (χ1n) is 9.02. The van der Waals surface area contributed by atoms with Crippen molar-refractivity contribution in [3.05, 3.63) is 82.0 Å². The maximum atomic E-state index is 11.9. The molecule has 0 bridgehead atoms. The van der Waals surface area contributed by atoms with Gasteiger partial charge in [0.15, 0.2) is 11.5 Å². The van der Waals surface area contributed by atoms with E-state index in [1.165, 1.54) is 0 Å². The summed E-state index contributed by atoms with van der Waals surface area (Å²) in [7, 11) is 0. The van der Waals surface area contributed by atoms with E-state index >= 15 is 0 Å². The van der Waals surface area contributed by atoms with Crippen LogP contribution >= 0.6 is 11.3 Å². The second-order valence-corrected chi connectivity index (χ2v) is 7.00. The minimum atomic E-state index is -0.147. The molecule has 144 valence electrons. The summed E-state index contributed by atoms with van der Waals surface area (Å²) in [5, 5.41) is 5.98. The average Bonchev–Trinajstić information content (AvgIpc) is 3.21. The fourth-order valence-electron chi connectivity index (χ4n) is 2.52. The Bertz CT molecular complexity index is 909. The number of nitrogens with one attached hydrogen (secondary N) is 1. The van der Waals surface area contributed by atoms with Gasteiger partial charge < -0.3 is 9.47 Å². The molecule has 0 aliphatic rings. The second kappa shape index (κ2) is 10.3. The maximum Gasteiger partial charge on any atom is 0.245 e. The highest BCUT2D eigenvalue weighted by Crippen LogP contribution is 2.28. The molecule has 5 nitrogen and oxygen atoms in total. The third-order valence-electron chi connectivity index (χ3n) is 3.82. The molecule has 1 aromatic heterocycles. The Morgan fingerprint density at radius 2 is 1.93 bits per heavy atom. The average molecular weight is 394 g/mol. The molecule has 3 aromatic rings. The van der Waals surface area contributed by atoms with Gasteiger partial charge in [-0.05, 0) is 47.7 Å². The van der Waals surface area contributed by atoms with Crippen LogP contribution in [0.4, 0.5) is 0 Å². The van der Waals surface area contributed by atoms with E-state index in [0.717, 1.165) is 16.0 Å². The van der Waals surface area contributed by atoms with E-state index in [1.807, 2.05) is 73.0 Å². The van der Waals surface area contributed by atoms with E-state index in [-0.39, 0.29) is 5.91 Å². The van der Waals surface area contributed by atoms with Crippen molar-refractivity contribution in [1.82, 2.24) is 5.43 Å². The van der Waals surface area contributed by atoms with E-state index in [2.05, 4.69) is 10.5 Å². The molecule has 0 radical (unpaired) electrons. The molecular weight excluding hydrogens is 372 g/mol. The highest BCUT2D eigenvalue weighted by molar-refractivity contribution is 7.10. The molecule has 3 rings (SSSR count). The summed E-state index contributed by atoms with van der Waals surface area (Å²) >= 11 is 1.55. The van der Waals surface area contributed by atoms with Gasteiger partial charge >= 0.3 is 0 Å². The van der Waals surface area contributed by atoms with Crippen molar-refractivity contribution in [2.45, 2.75) is 20.0 Å². The topological polar surface area (TPSA) is 59.9 Å². The van der Waals surface area contributed by atoms with Gasteiger partial charge in [-0.2, -0.15) is 5.10 Å². The summed E-state index contributed by atoms with van der Waals surface area (Å²) in [6.45, 7) is 2.92. The number of rotatable bonds is 9. The summed E-state index contributed by atoms with van der Waals surface area (Å²) in [6, 6.07) is 19.4. The number of hydrogen-bond acceptors (Lipinski definition) is 5. The monoisotopic (exact) mass is 394 g/mol. The number of ether oxygens (including phenoxy) is 2. The lowest BCUT2D eigenvalue weighted by Gasteiger charge is -2.12. The Morgan fingerprint density at radius 3 is 2.68 bits per heavy atom. The molecular formula is C22H22N2O3S. The third kappa shape index (κ3) is 5.96. The molecule has 0 aliphatic carbocycles. The van der Waals surface area contributed by atoms with Crippen LogP contribution in [-0.4, -0.2) is 18.7 Å². The minimum absolute atomic E-state index is 0.147. The summed E-state index contributed by atoms with van der Waals surface area (Å²) in [5.74, 6) is 1.17. The normalized spacial score (nSPS) is 10.8. The standard InChI is InChI=1S/C22H22N2O3S/c1-2-26-21-13-18(15-23-24-22(25)14-19-9-6-12-28-19)10-11-20(21)27-16-17-7-4-3-5-8-17/h3-13,15H,2,14,16H2,1H3,(H,24,25). The summed E-state index contributed by atoms with van der Waals surface area (Å²) in [5.41, 5.74) is 4.45. The SMILES string of the molecule is CCOc1cc(C=NNC(=O)Cc2cccs2)ccc1OCc1ccccc1. The van der Waals surface area contributed by atoms with Crippen LogP contribution in [0.25, 0.3) is 0 Å². The minimum Gasteiger partial charge on any atom is -0.490 e. The van der Waals surface area contributed by atoms with Gasteiger partial charge in [0.25, 0.3) is 0 Å². The molecule has 0 saturated heterocycles. The first-order chi connectivity index (χ1) is 13.7. The molecule has 6 heteroatoms. The van der Waals surface area contributed by atoms with Crippen molar-refractivity contribution in [1.29, 1.82) is 0 Å². The first kappa shape index (κ1) is 19.6. The van der Waals surface area contributed by atoms with E-state index < -0.39 is 0 Å². The largest absolute Gasteiger partial charge is 0.490 e. The molecule has 0 aliphatic heterocycles. The molecule has 0 saturated carbocycles. The quantitative estimate of drug-likeness (QED) is 0.432. The molecule has 0 unspecified atom stereocenters. The Balaban J connectivity index is 1.60. The van der Waals surface area contributed by atoms with Crippen molar-refractivity contribution < 1.29 is 14.3 Å². The number of carbonyl (C=O) groups excluding carboxylic acids is 1. The summed E-state index contributed by atoms with van der Waals surface area (Å²) in [6.07, 6.45) is 1.92. The summed E-state index contributed by atoms with van der Waals surface area (Å²) < 4.78 is 11.6. The molecule has 28 heavy (non-hydrogen) atoms. The van der Waals surface area contributed by atoms with Gasteiger partial charge in [0.2, 0.25) is 5.91 Å². The molecule has 0 spiro atoms. The zero-order valence-electron chi connectivity index (χ0n) is 15.6. The fraction of sp³-hybridized carbons (Fsp3) is 0.182. The highest BCUT2D eigenvalue weighted by Gasteiger charge is 2.07. The van der Waals surface area contributed by atoms with Gasteiger partial charge in [0.05, 0.1) is 19.2 Å². The smallest absolute Gasteiger partial charge is 0.245 e. The highest BCUT2D eigenvalue weighted by atomic mass is 32.1. The number of amides is 1. The first-order valence-corrected chi connectivity index (χ1v) is 9.90. The van der Waals surface area contributed by atoms with Gasteiger partial charge in [-0.3, -0.25) is 4.79 Å². The van der Waals surface area contributed by atoms with Crippen molar-refractivity contribution in [3.63, 3.8) is 0 Å². The molecule has 1 heterocycles. The predicted molar refractivity (Wildman–Crippen MR) is 112 cm³/mol. The van der Waals surface area contributed by atoms with Gasteiger partial charge in [-0.15, -0.1) is 11.3 Å². The van der Waals surface area contributed by atoms with Crippen LogP contribution in [0.3, 0.4) is 0 Å². The maximum absolute atomic E-state index is 11.9. The van der Waals surface area contributed by atoms with Crippen molar-refractivity contribution in [3.8, 4) is 11.5 Å². The van der Waals surface area contributed by atoms with Crippen LogP contribution in [0.5, 0.6) is 11.5 Å². The van der Waals surface area contributed by atoms with Crippen molar-refractivity contribution >= 4 is 23.5 Å². The Hall–Kier alpha value is -3.12. The van der Waals surface area contributed by atoms with E-state index in [0.29, 0.717) is 31.1 Å². The second-order valence-electron chi connectivity index (χ2n) is 5.96. The van der Waals surface area contributed by atoms with Crippen molar-refractivity contribution in [2.24, 2.45) is 5.10 Å². The zero-order chi connectivity index (χ0) is 19.6. The van der Waals surface area contributed by atoms with Crippen LogP contribution in [0.15, 0.2) is 71.1 Å². The third-order valence-corrected chi connectivity index (χ3v) is 4.70. The Kier molecular flexibility index (Phi) is 7.21. The van der Waals surface area contributed by atoms with Gasteiger partial charge in [-0.1, -0.05) is 36.4 Å². The Morgan fingerprint density at radius 1 is 1.07 bits per heavy atom. The fourth-order valence-corrected chi connectivity index (χ4v) is 3.22. The number of benzene rings is 2. The van der Waals surface area contributed by atoms with Crippen LogP contribution in [0.2, 0.25) is 0 Å². The van der Waals surface area contributed by atoms with E-state index in [4.69, 9.17) is 9.47 Å². The molecule has 0 fully saturated rings. The van der Waals surface area contributed by atoms with Crippen LogP contribution < -0.4 is 14.9 Å². The molecule has 0 atom stereocenters. The van der Waals surface area contributed by atoms with Crippen molar-refractivity contribution in [2.75, 3.05) is 6.61 Å².